The monoisotopic (exact) mass is 258 g/mol. The largest absolute Gasteiger partial charge is 0.496 e. The van der Waals surface area contributed by atoms with Gasteiger partial charge in [0.25, 0.3) is 0 Å². The zero-order valence-corrected chi connectivity index (χ0v) is 11.8. The molecule has 0 aliphatic carbocycles. The molecule has 2 N–H and O–H groups in total. The molecule has 1 atom stereocenters. The molecule has 1 aliphatic heterocycles. The van der Waals surface area contributed by atoms with E-state index in [1.54, 1.807) is 7.11 Å². The Hall–Kier alpha value is -1.48. The summed E-state index contributed by atoms with van der Waals surface area (Å²) >= 11 is 0. The zero-order valence-electron chi connectivity index (χ0n) is 11.8. The average molecular weight is 258 g/mol. The molecule has 3 nitrogen and oxygen atoms in total. The minimum Gasteiger partial charge on any atom is -0.496 e. The summed E-state index contributed by atoms with van der Waals surface area (Å²) in [6.07, 6.45) is 4.98. The van der Waals surface area contributed by atoms with E-state index < -0.39 is 0 Å². The molecule has 3 heteroatoms. The lowest BCUT2D eigenvalue weighted by molar-refractivity contribution is 0.384. The molecule has 0 spiro atoms. The highest BCUT2D eigenvalue weighted by Crippen LogP contribution is 2.31. The molecule has 1 unspecified atom stereocenters. The molecule has 0 amide bonds. The minimum atomic E-state index is 0.597. The average Bonchev–Trinajstić information content (AvgIpc) is 2.80. The molecule has 1 aliphatic rings. The number of H-pyrrole nitrogens is 1. The van der Waals surface area contributed by atoms with Gasteiger partial charge >= 0.3 is 0 Å². The van der Waals surface area contributed by atoms with E-state index in [0.29, 0.717) is 6.04 Å². The Kier molecular flexibility index (Phi) is 3.47. The smallest absolute Gasteiger partial charge is 0.131 e. The number of aromatic amines is 1. The minimum absolute atomic E-state index is 0.597. The van der Waals surface area contributed by atoms with Crippen LogP contribution in [0.4, 0.5) is 0 Å². The van der Waals surface area contributed by atoms with Gasteiger partial charge < -0.3 is 15.0 Å². The Balaban J connectivity index is 1.93. The van der Waals surface area contributed by atoms with E-state index >= 15 is 0 Å². The fourth-order valence-corrected chi connectivity index (χ4v) is 3.13. The standard InChI is InChI=1S/C16H22N2O/c1-11-9-14-15(18-11)7-6-12(16(14)19-2)10-13-5-3-4-8-17-13/h6-7,9,13,17-18H,3-5,8,10H2,1-2H3. The highest BCUT2D eigenvalue weighted by molar-refractivity contribution is 5.88. The van der Waals surface area contributed by atoms with E-state index in [-0.39, 0.29) is 0 Å². The van der Waals surface area contributed by atoms with Crippen molar-refractivity contribution in [3.8, 4) is 5.75 Å². The molecule has 1 fully saturated rings. The predicted molar refractivity (Wildman–Crippen MR) is 78.9 cm³/mol. The van der Waals surface area contributed by atoms with Gasteiger partial charge in [0, 0.05) is 22.6 Å². The van der Waals surface area contributed by atoms with Crippen LogP contribution in [0.3, 0.4) is 0 Å². The van der Waals surface area contributed by atoms with E-state index in [4.69, 9.17) is 4.74 Å². The van der Waals surface area contributed by atoms with Crippen molar-refractivity contribution in [3.05, 3.63) is 29.5 Å². The fraction of sp³-hybridized carbons (Fsp3) is 0.500. The van der Waals surface area contributed by atoms with Crippen LogP contribution in [0.5, 0.6) is 5.75 Å². The van der Waals surface area contributed by atoms with E-state index in [0.717, 1.165) is 24.2 Å². The first-order valence-corrected chi connectivity index (χ1v) is 7.16. The van der Waals surface area contributed by atoms with Gasteiger partial charge in [-0.15, -0.1) is 0 Å². The maximum atomic E-state index is 5.67. The van der Waals surface area contributed by atoms with Crippen LogP contribution in [0, 0.1) is 6.92 Å². The predicted octanol–water partition coefficient (Wildman–Crippen LogP) is 3.17. The molecule has 19 heavy (non-hydrogen) atoms. The van der Waals surface area contributed by atoms with Gasteiger partial charge in [0.15, 0.2) is 0 Å². The van der Waals surface area contributed by atoms with Gasteiger partial charge in [0.2, 0.25) is 0 Å². The van der Waals surface area contributed by atoms with Crippen molar-refractivity contribution in [3.63, 3.8) is 0 Å². The number of methoxy groups -OCH3 is 1. The summed E-state index contributed by atoms with van der Waals surface area (Å²) in [4.78, 5) is 3.37. The summed E-state index contributed by atoms with van der Waals surface area (Å²) in [6.45, 7) is 3.24. The molecule has 2 aromatic rings. The topological polar surface area (TPSA) is 37.0 Å². The van der Waals surface area contributed by atoms with Gasteiger partial charge in [0.05, 0.1) is 7.11 Å². The molecular formula is C16H22N2O. The van der Waals surface area contributed by atoms with E-state index in [9.17, 15) is 0 Å². The molecule has 102 valence electrons. The molecule has 0 saturated carbocycles. The Labute approximate surface area is 114 Å². The quantitative estimate of drug-likeness (QED) is 0.887. The SMILES string of the molecule is COc1c(CC2CCCCN2)ccc2[nH]c(C)cc12. The van der Waals surface area contributed by atoms with Gasteiger partial charge in [-0.2, -0.15) is 0 Å². The third kappa shape index (κ3) is 2.47. The summed E-state index contributed by atoms with van der Waals surface area (Å²) in [5.41, 5.74) is 3.66. The lowest BCUT2D eigenvalue weighted by Crippen LogP contribution is -2.35. The third-order valence-corrected chi connectivity index (χ3v) is 4.05. The number of aromatic nitrogens is 1. The van der Waals surface area contributed by atoms with E-state index in [2.05, 4.69) is 35.4 Å². The van der Waals surface area contributed by atoms with Crippen molar-refractivity contribution in [2.24, 2.45) is 0 Å². The molecule has 1 aromatic heterocycles. The number of hydrogen-bond acceptors (Lipinski definition) is 2. The van der Waals surface area contributed by atoms with Crippen LogP contribution in [-0.2, 0) is 6.42 Å². The second-order valence-electron chi connectivity index (χ2n) is 5.52. The van der Waals surface area contributed by atoms with Crippen LogP contribution < -0.4 is 10.1 Å². The normalized spacial score (nSPS) is 19.8. The number of rotatable bonds is 3. The molecule has 1 aromatic carbocycles. The third-order valence-electron chi connectivity index (χ3n) is 4.05. The maximum Gasteiger partial charge on any atom is 0.131 e. The first-order valence-electron chi connectivity index (χ1n) is 7.16. The molecule has 2 heterocycles. The molecular weight excluding hydrogens is 236 g/mol. The van der Waals surface area contributed by atoms with Gasteiger partial charge in [-0.1, -0.05) is 12.5 Å². The number of piperidine rings is 1. The first-order chi connectivity index (χ1) is 9.28. The van der Waals surface area contributed by atoms with Crippen LogP contribution >= 0.6 is 0 Å². The number of aryl methyl sites for hydroxylation is 1. The fourth-order valence-electron chi connectivity index (χ4n) is 3.13. The Morgan fingerprint density at radius 2 is 2.21 bits per heavy atom. The Morgan fingerprint density at radius 3 is 2.95 bits per heavy atom. The van der Waals surface area contributed by atoms with Gasteiger partial charge in [-0.05, 0) is 50.4 Å². The summed E-state index contributed by atoms with van der Waals surface area (Å²) in [5, 5.41) is 4.81. The highest BCUT2D eigenvalue weighted by Gasteiger charge is 2.17. The molecule has 1 saturated heterocycles. The lowest BCUT2D eigenvalue weighted by atomic mass is 9.96. The number of fused-ring (bicyclic) bond motifs is 1. The number of ether oxygens (including phenoxy) is 1. The van der Waals surface area contributed by atoms with Crippen molar-refractivity contribution in [1.82, 2.24) is 10.3 Å². The lowest BCUT2D eigenvalue weighted by Gasteiger charge is -2.24. The number of hydrogen-bond donors (Lipinski definition) is 2. The van der Waals surface area contributed by atoms with Gasteiger partial charge in [-0.3, -0.25) is 0 Å². The molecule has 0 radical (unpaired) electrons. The van der Waals surface area contributed by atoms with Crippen molar-refractivity contribution >= 4 is 10.9 Å². The summed E-state index contributed by atoms with van der Waals surface area (Å²) in [6, 6.07) is 7.14. The van der Waals surface area contributed by atoms with Crippen molar-refractivity contribution in [2.45, 2.75) is 38.6 Å². The Bertz CT molecular complexity index is 567. The summed E-state index contributed by atoms with van der Waals surface area (Å²) in [7, 11) is 1.77. The van der Waals surface area contributed by atoms with E-state index in [1.165, 1.54) is 35.9 Å². The highest BCUT2D eigenvalue weighted by atomic mass is 16.5. The van der Waals surface area contributed by atoms with Gasteiger partial charge in [0.1, 0.15) is 5.75 Å². The number of benzene rings is 1. The van der Waals surface area contributed by atoms with Crippen molar-refractivity contribution in [1.29, 1.82) is 0 Å². The molecule has 3 rings (SSSR count). The summed E-state index contributed by atoms with van der Waals surface area (Å²) in [5.74, 6) is 1.04. The second-order valence-corrected chi connectivity index (χ2v) is 5.52. The first kappa shape index (κ1) is 12.5. The Morgan fingerprint density at radius 1 is 1.32 bits per heavy atom. The van der Waals surface area contributed by atoms with Crippen LogP contribution in [0.25, 0.3) is 10.9 Å². The van der Waals surface area contributed by atoms with Crippen LogP contribution in [0.15, 0.2) is 18.2 Å². The van der Waals surface area contributed by atoms with E-state index in [1.807, 2.05) is 0 Å². The van der Waals surface area contributed by atoms with Crippen LogP contribution in [0.2, 0.25) is 0 Å². The van der Waals surface area contributed by atoms with Gasteiger partial charge in [-0.25, -0.2) is 0 Å². The van der Waals surface area contributed by atoms with Crippen LogP contribution in [0.1, 0.15) is 30.5 Å². The molecule has 0 bridgehead atoms. The second kappa shape index (κ2) is 5.25. The van der Waals surface area contributed by atoms with Crippen molar-refractivity contribution in [2.75, 3.05) is 13.7 Å². The van der Waals surface area contributed by atoms with Crippen LogP contribution in [-0.4, -0.2) is 24.7 Å². The zero-order chi connectivity index (χ0) is 13.2. The maximum absolute atomic E-state index is 5.67. The number of nitrogens with one attached hydrogen (secondary N) is 2. The summed E-state index contributed by atoms with van der Waals surface area (Å²) < 4.78 is 5.67. The van der Waals surface area contributed by atoms with Crippen molar-refractivity contribution < 1.29 is 4.74 Å².